The van der Waals surface area contributed by atoms with E-state index in [-0.39, 0.29) is 5.41 Å². The summed E-state index contributed by atoms with van der Waals surface area (Å²) in [6, 6.07) is 13.3. The molecule has 0 bridgehead atoms. The molecule has 0 spiro atoms. The maximum absolute atomic E-state index is 4.56. The molecule has 2 aromatic rings. The molecule has 0 radical (unpaired) electrons. The highest BCUT2D eigenvalue weighted by molar-refractivity contribution is 5.52. The Labute approximate surface area is 121 Å². The summed E-state index contributed by atoms with van der Waals surface area (Å²) in [6.07, 6.45) is 1.12. The van der Waals surface area contributed by atoms with E-state index in [0.717, 1.165) is 23.5 Å². The minimum Gasteiger partial charge on any atom is -0.376 e. The second kappa shape index (κ2) is 4.62. The van der Waals surface area contributed by atoms with E-state index in [1.165, 1.54) is 11.1 Å². The Hall–Kier alpha value is -1.83. The molecular weight excluding hydrogens is 244 g/mol. The Kier molecular flexibility index (Phi) is 3.04. The summed E-state index contributed by atoms with van der Waals surface area (Å²) in [5, 5.41) is 3.72. The zero-order valence-corrected chi connectivity index (χ0v) is 12.7. The highest BCUT2D eigenvalue weighted by Gasteiger charge is 2.38. The number of aryl methyl sites for hydroxylation is 2. The van der Waals surface area contributed by atoms with Gasteiger partial charge in [0.05, 0.1) is 17.4 Å². The molecule has 2 heteroatoms. The van der Waals surface area contributed by atoms with Crippen LogP contribution < -0.4 is 5.32 Å². The summed E-state index contributed by atoms with van der Waals surface area (Å²) >= 11 is 0. The first-order valence-electron chi connectivity index (χ1n) is 7.26. The normalized spacial score (nSPS) is 19.7. The SMILES string of the molecule is Cc1ccc(NC2c3ccccc3CC2(C)C)c(C)n1. The molecular formula is C18H22N2. The third-order valence-corrected chi connectivity index (χ3v) is 4.32. The summed E-state index contributed by atoms with van der Waals surface area (Å²) in [7, 11) is 0. The molecule has 0 saturated heterocycles. The number of nitrogens with one attached hydrogen (secondary N) is 1. The standard InChI is InChI=1S/C18H22N2/c1-12-9-10-16(13(2)19-12)20-17-15-8-6-5-7-14(15)11-18(17,3)4/h5-10,17,20H,11H2,1-4H3. The van der Waals surface area contributed by atoms with Crippen LogP contribution in [0.3, 0.4) is 0 Å². The summed E-state index contributed by atoms with van der Waals surface area (Å²) in [5.41, 5.74) is 6.40. The fourth-order valence-electron chi connectivity index (χ4n) is 3.26. The Bertz CT molecular complexity index is 644. The highest BCUT2D eigenvalue weighted by Crippen LogP contribution is 2.46. The van der Waals surface area contributed by atoms with Crippen LogP contribution in [0, 0.1) is 19.3 Å². The first-order chi connectivity index (χ1) is 9.47. The lowest BCUT2D eigenvalue weighted by atomic mass is 9.85. The quantitative estimate of drug-likeness (QED) is 0.869. The first-order valence-corrected chi connectivity index (χ1v) is 7.26. The molecule has 20 heavy (non-hydrogen) atoms. The molecule has 1 aromatic heterocycles. The number of hydrogen-bond acceptors (Lipinski definition) is 2. The minimum atomic E-state index is 0.223. The molecule has 1 aliphatic rings. The van der Waals surface area contributed by atoms with Crippen LogP contribution in [0.15, 0.2) is 36.4 Å². The van der Waals surface area contributed by atoms with Crippen molar-refractivity contribution in [2.24, 2.45) is 5.41 Å². The summed E-state index contributed by atoms with van der Waals surface area (Å²) in [6.45, 7) is 8.78. The molecule has 0 aliphatic heterocycles. The van der Waals surface area contributed by atoms with Gasteiger partial charge in [0.2, 0.25) is 0 Å². The predicted molar refractivity (Wildman–Crippen MR) is 84.0 cm³/mol. The van der Waals surface area contributed by atoms with Crippen molar-refractivity contribution in [3.63, 3.8) is 0 Å². The fraction of sp³-hybridized carbons (Fsp3) is 0.389. The molecule has 3 rings (SSSR count). The molecule has 2 nitrogen and oxygen atoms in total. The largest absolute Gasteiger partial charge is 0.376 e. The van der Waals surface area contributed by atoms with Gasteiger partial charge in [-0.1, -0.05) is 38.1 Å². The van der Waals surface area contributed by atoms with Gasteiger partial charge in [-0.2, -0.15) is 0 Å². The lowest BCUT2D eigenvalue weighted by Gasteiger charge is -2.30. The van der Waals surface area contributed by atoms with Gasteiger partial charge in [0, 0.05) is 5.69 Å². The van der Waals surface area contributed by atoms with E-state index in [0.29, 0.717) is 6.04 Å². The molecule has 1 atom stereocenters. The molecule has 1 unspecified atom stereocenters. The smallest absolute Gasteiger partial charge is 0.0607 e. The summed E-state index contributed by atoms with van der Waals surface area (Å²) < 4.78 is 0. The molecule has 0 fully saturated rings. The molecule has 0 saturated carbocycles. The van der Waals surface area contributed by atoms with E-state index in [2.05, 4.69) is 67.5 Å². The van der Waals surface area contributed by atoms with E-state index >= 15 is 0 Å². The van der Waals surface area contributed by atoms with E-state index in [9.17, 15) is 0 Å². The lowest BCUT2D eigenvalue weighted by Crippen LogP contribution is -2.25. The number of pyridine rings is 1. The van der Waals surface area contributed by atoms with Crippen molar-refractivity contribution < 1.29 is 0 Å². The van der Waals surface area contributed by atoms with Gasteiger partial charge < -0.3 is 5.32 Å². The monoisotopic (exact) mass is 266 g/mol. The van der Waals surface area contributed by atoms with Gasteiger partial charge in [-0.25, -0.2) is 0 Å². The van der Waals surface area contributed by atoms with E-state index < -0.39 is 0 Å². The van der Waals surface area contributed by atoms with Crippen LogP contribution in [0.1, 0.15) is 42.4 Å². The number of anilines is 1. The second-order valence-corrected chi connectivity index (χ2v) is 6.53. The summed E-state index contributed by atoms with van der Waals surface area (Å²) in [5.74, 6) is 0. The molecule has 0 amide bonds. The van der Waals surface area contributed by atoms with Gasteiger partial charge in [-0.05, 0) is 48.9 Å². The van der Waals surface area contributed by atoms with Crippen LogP contribution in [-0.4, -0.2) is 4.98 Å². The van der Waals surface area contributed by atoms with Crippen LogP contribution in [0.5, 0.6) is 0 Å². The fourth-order valence-corrected chi connectivity index (χ4v) is 3.26. The van der Waals surface area contributed by atoms with Crippen molar-refractivity contribution >= 4 is 5.69 Å². The Morgan fingerprint density at radius 3 is 2.60 bits per heavy atom. The highest BCUT2D eigenvalue weighted by atomic mass is 15.0. The lowest BCUT2D eigenvalue weighted by molar-refractivity contribution is 0.337. The number of rotatable bonds is 2. The van der Waals surface area contributed by atoms with Crippen molar-refractivity contribution in [1.29, 1.82) is 0 Å². The van der Waals surface area contributed by atoms with E-state index in [1.54, 1.807) is 0 Å². The van der Waals surface area contributed by atoms with Crippen LogP contribution in [0.2, 0.25) is 0 Å². The average Bonchev–Trinajstić information content (AvgIpc) is 2.63. The van der Waals surface area contributed by atoms with Gasteiger partial charge in [0.15, 0.2) is 0 Å². The number of nitrogens with zero attached hydrogens (tertiary/aromatic N) is 1. The second-order valence-electron chi connectivity index (χ2n) is 6.53. The van der Waals surface area contributed by atoms with Crippen LogP contribution in [0.4, 0.5) is 5.69 Å². The van der Waals surface area contributed by atoms with E-state index in [1.807, 2.05) is 6.92 Å². The zero-order chi connectivity index (χ0) is 14.3. The number of hydrogen-bond donors (Lipinski definition) is 1. The van der Waals surface area contributed by atoms with Crippen LogP contribution in [0.25, 0.3) is 0 Å². The van der Waals surface area contributed by atoms with Crippen molar-refractivity contribution in [2.45, 2.75) is 40.2 Å². The van der Waals surface area contributed by atoms with E-state index in [4.69, 9.17) is 0 Å². The Morgan fingerprint density at radius 1 is 1.10 bits per heavy atom. The molecule has 1 aromatic carbocycles. The minimum absolute atomic E-state index is 0.223. The molecule has 1 heterocycles. The Balaban J connectivity index is 1.97. The predicted octanol–water partition coefficient (Wildman–Crippen LogP) is 4.43. The maximum atomic E-state index is 4.56. The molecule has 1 N–H and O–H groups in total. The third-order valence-electron chi connectivity index (χ3n) is 4.32. The zero-order valence-electron chi connectivity index (χ0n) is 12.7. The van der Waals surface area contributed by atoms with Crippen LogP contribution >= 0.6 is 0 Å². The van der Waals surface area contributed by atoms with Crippen molar-refractivity contribution in [3.05, 3.63) is 58.9 Å². The third kappa shape index (κ3) is 2.20. The van der Waals surface area contributed by atoms with Crippen LogP contribution in [-0.2, 0) is 6.42 Å². The van der Waals surface area contributed by atoms with Crippen molar-refractivity contribution in [1.82, 2.24) is 4.98 Å². The van der Waals surface area contributed by atoms with Gasteiger partial charge in [0.25, 0.3) is 0 Å². The molecule has 104 valence electrons. The molecule has 1 aliphatic carbocycles. The first kappa shape index (κ1) is 13.2. The maximum Gasteiger partial charge on any atom is 0.0607 e. The van der Waals surface area contributed by atoms with Gasteiger partial charge in [-0.3, -0.25) is 4.98 Å². The van der Waals surface area contributed by atoms with Gasteiger partial charge >= 0.3 is 0 Å². The number of fused-ring (bicyclic) bond motifs is 1. The van der Waals surface area contributed by atoms with Crippen molar-refractivity contribution in [2.75, 3.05) is 5.32 Å². The number of benzene rings is 1. The number of aromatic nitrogens is 1. The van der Waals surface area contributed by atoms with Gasteiger partial charge in [0.1, 0.15) is 0 Å². The Morgan fingerprint density at radius 2 is 1.85 bits per heavy atom. The van der Waals surface area contributed by atoms with Gasteiger partial charge in [-0.15, -0.1) is 0 Å². The summed E-state index contributed by atoms with van der Waals surface area (Å²) in [4.78, 5) is 4.56. The topological polar surface area (TPSA) is 24.9 Å². The van der Waals surface area contributed by atoms with Crippen molar-refractivity contribution in [3.8, 4) is 0 Å². The average molecular weight is 266 g/mol.